The molecule has 1 fully saturated rings. The number of amides is 2. The van der Waals surface area contributed by atoms with Gasteiger partial charge in [-0.1, -0.05) is 6.92 Å². The number of nitrogens with two attached hydrogens (primary N) is 1. The number of carbonyl (C=O) groups is 2. The van der Waals surface area contributed by atoms with Gasteiger partial charge in [0.25, 0.3) is 0 Å². The van der Waals surface area contributed by atoms with Gasteiger partial charge in [0.1, 0.15) is 0 Å². The molecule has 0 saturated carbocycles. The molecule has 2 rings (SSSR count). The number of nitrogens with zero attached hydrogens (tertiary/aromatic N) is 2. The van der Waals surface area contributed by atoms with Gasteiger partial charge >= 0.3 is 11.8 Å². The molecule has 116 valence electrons. The second-order valence-electron chi connectivity index (χ2n) is 5.07. The molecule has 0 bridgehead atoms. The van der Waals surface area contributed by atoms with Crippen molar-refractivity contribution in [2.24, 2.45) is 5.73 Å². The van der Waals surface area contributed by atoms with Gasteiger partial charge in [-0.05, 0) is 35.3 Å². The highest BCUT2D eigenvalue weighted by Gasteiger charge is 2.38. The molecule has 0 aromatic carbocycles. The maximum atomic E-state index is 12.4. The highest BCUT2D eigenvalue weighted by atomic mass is 79.9. The molecule has 1 aliphatic heterocycles. The Kier molecular flexibility index (Phi) is 5.40. The van der Waals surface area contributed by atoms with Crippen LogP contribution in [0.25, 0.3) is 0 Å². The first-order valence-electron chi connectivity index (χ1n) is 7.08. The summed E-state index contributed by atoms with van der Waals surface area (Å²) in [5, 5.41) is 1.97. The molecule has 1 saturated heterocycles. The van der Waals surface area contributed by atoms with Gasteiger partial charge in [0.05, 0.1) is 6.04 Å². The molecule has 0 radical (unpaired) electrons. The van der Waals surface area contributed by atoms with E-state index in [0.717, 1.165) is 15.8 Å². The van der Waals surface area contributed by atoms with Crippen molar-refractivity contribution >= 4 is 39.1 Å². The molecular weight excluding hydrogens is 354 g/mol. The summed E-state index contributed by atoms with van der Waals surface area (Å²) in [6, 6.07) is 1.57. The van der Waals surface area contributed by atoms with Crippen molar-refractivity contribution in [1.29, 1.82) is 0 Å². The Balaban J connectivity index is 2.30. The minimum atomic E-state index is -0.443. The number of thiophene rings is 1. The van der Waals surface area contributed by atoms with E-state index < -0.39 is 11.8 Å². The van der Waals surface area contributed by atoms with E-state index in [1.807, 2.05) is 25.3 Å². The second kappa shape index (κ2) is 6.89. The standard InChI is InChI=1S/C14H20BrN3O2S/c1-3-10(16)12(11-7-9(15)8-21-11)18-6-5-17(4-2)13(19)14(18)20/h7-8,10,12H,3-6,16H2,1-2H3. The van der Waals surface area contributed by atoms with Gasteiger partial charge in [-0.15, -0.1) is 11.3 Å². The van der Waals surface area contributed by atoms with Crippen LogP contribution in [0.2, 0.25) is 0 Å². The third-order valence-corrected chi connectivity index (χ3v) is 5.58. The van der Waals surface area contributed by atoms with Gasteiger partial charge in [0.2, 0.25) is 0 Å². The minimum absolute atomic E-state index is 0.180. The van der Waals surface area contributed by atoms with Crippen molar-refractivity contribution in [1.82, 2.24) is 9.80 Å². The van der Waals surface area contributed by atoms with E-state index in [4.69, 9.17) is 5.73 Å². The molecule has 2 amide bonds. The Labute approximate surface area is 137 Å². The predicted molar refractivity (Wildman–Crippen MR) is 87.0 cm³/mol. The number of carbonyl (C=O) groups excluding carboxylic acids is 2. The number of hydrogen-bond acceptors (Lipinski definition) is 4. The van der Waals surface area contributed by atoms with Gasteiger partial charge in [-0.3, -0.25) is 9.59 Å². The average Bonchev–Trinajstić information content (AvgIpc) is 2.90. The van der Waals surface area contributed by atoms with Crippen LogP contribution in [0.1, 0.15) is 31.2 Å². The summed E-state index contributed by atoms with van der Waals surface area (Å²) in [5.41, 5.74) is 6.24. The number of rotatable bonds is 5. The van der Waals surface area contributed by atoms with Crippen LogP contribution in [0.15, 0.2) is 15.9 Å². The summed E-state index contributed by atoms with van der Waals surface area (Å²) in [7, 11) is 0. The lowest BCUT2D eigenvalue weighted by molar-refractivity contribution is -0.158. The molecule has 1 aliphatic rings. The van der Waals surface area contributed by atoms with Crippen LogP contribution in [0.5, 0.6) is 0 Å². The molecule has 7 heteroatoms. The highest BCUT2D eigenvalue weighted by Crippen LogP contribution is 2.33. The summed E-state index contributed by atoms with van der Waals surface area (Å²) >= 11 is 4.99. The third kappa shape index (κ3) is 3.30. The number of hydrogen-bond donors (Lipinski definition) is 1. The lowest BCUT2D eigenvalue weighted by Crippen LogP contribution is -2.57. The Morgan fingerprint density at radius 1 is 1.33 bits per heavy atom. The van der Waals surface area contributed by atoms with E-state index in [9.17, 15) is 9.59 Å². The largest absolute Gasteiger partial charge is 0.333 e. The van der Waals surface area contributed by atoms with Crippen LogP contribution in [0, 0.1) is 0 Å². The first-order chi connectivity index (χ1) is 9.99. The second-order valence-corrected chi connectivity index (χ2v) is 6.93. The molecular formula is C14H20BrN3O2S. The van der Waals surface area contributed by atoms with Crippen LogP contribution in [-0.2, 0) is 9.59 Å². The fraction of sp³-hybridized carbons (Fsp3) is 0.571. The van der Waals surface area contributed by atoms with Crippen molar-refractivity contribution in [3.8, 4) is 0 Å². The zero-order valence-electron chi connectivity index (χ0n) is 12.2. The summed E-state index contributed by atoms with van der Waals surface area (Å²) in [6.07, 6.45) is 0.746. The van der Waals surface area contributed by atoms with E-state index in [1.165, 1.54) is 0 Å². The first-order valence-corrected chi connectivity index (χ1v) is 8.76. The Hall–Kier alpha value is -0.920. The van der Waals surface area contributed by atoms with E-state index in [-0.39, 0.29) is 12.1 Å². The van der Waals surface area contributed by atoms with Crippen molar-refractivity contribution in [3.05, 3.63) is 20.8 Å². The van der Waals surface area contributed by atoms with Crippen molar-refractivity contribution in [2.75, 3.05) is 19.6 Å². The Morgan fingerprint density at radius 3 is 2.57 bits per heavy atom. The van der Waals surface area contributed by atoms with Crippen LogP contribution >= 0.6 is 27.3 Å². The van der Waals surface area contributed by atoms with E-state index in [0.29, 0.717) is 19.6 Å². The number of piperazine rings is 1. The zero-order valence-corrected chi connectivity index (χ0v) is 14.6. The molecule has 0 spiro atoms. The van der Waals surface area contributed by atoms with Gasteiger partial charge in [-0.2, -0.15) is 0 Å². The summed E-state index contributed by atoms with van der Waals surface area (Å²) in [6.45, 7) is 5.54. The van der Waals surface area contributed by atoms with Crippen LogP contribution in [0.4, 0.5) is 0 Å². The fourth-order valence-electron chi connectivity index (χ4n) is 2.56. The molecule has 2 unspecified atom stereocenters. The van der Waals surface area contributed by atoms with Crippen molar-refractivity contribution in [3.63, 3.8) is 0 Å². The number of halogens is 1. The lowest BCUT2D eigenvalue weighted by atomic mass is 10.0. The molecule has 5 nitrogen and oxygen atoms in total. The van der Waals surface area contributed by atoms with Crippen LogP contribution in [0.3, 0.4) is 0 Å². The molecule has 2 atom stereocenters. The van der Waals surface area contributed by atoms with E-state index in [2.05, 4.69) is 15.9 Å². The quantitative estimate of drug-likeness (QED) is 0.802. The van der Waals surface area contributed by atoms with E-state index >= 15 is 0 Å². The Bertz CT molecular complexity index is 534. The smallest absolute Gasteiger partial charge is 0.312 e. The topological polar surface area (TPSA) is 66.6 Å². The zero-order chi connectivity index (χ0) is 15.6. The first kappa shape index (κ1) is 16.5. The molecule has 1 aromatic heterocycles. The fourth-order valence-corrected chi connectivity index (χ4v) is 4.19. The molecule has 2 N–H and O–H groups in total. The van der Waals surface area contributed by atoms with Crippen LogP contribution in [-0.4, -0.2) is 47.3 Å². The number of likely N-dealkylation sites (N-methyl/N-ethyl adjacent to an activating group) is 1. The lowest BCUT2D eigenvalue weighted by Gasteiger charge is -2.39. The van der Waals surface area contributed by atoms with Gasteiger partial charge < -0.3 is 15.5 Å². The summed E-state index contributed by atoms with van der Waals surface area (Å²) in [5.74, 6) is -0.866. The third-order valence-electron chi connectivity index (χ3n) is 3.82. The summed E-state index contributed by atoms with van der Waals surface area (Å²) in [4.78, 5) is 28.8. The average molecular weight is 374 g/mol. The normalized spacial score (nSPS) is 19.0. The minimum Gasteiger partial charge on any atom is -0.333 e. The van der Waals surface area contributed by atoms with Crippen molar-refractivity contribution in [2.45, 2.75) is 32.4 Å². The molecule has 21 heavy (non-hydrogen) atoms. The van der Waals surface area contributed by atoms with Gasteiger partial charge in [0, 0.05) is 40.4 Å². The SMILES string of the molecule is CCC(N)C(c1cc(Br)cs1)N1CCN(CC)C(=O)C1=O. The van der Waals surface area contributed by atoms with Crippen molar-refractivity contribution < 1.29 is 9.59 Å². The monoisotopic (exact) mass is 373 g/mol. The highest BCUT2D eigenvalue weighted by molar-refractivity contribution is 9.10. The van der Waals surface area contributed by atoms with Crippen LogP contribution < -0.4 is 5.73 Å². The maximum absolute atomic E-state index is 12.4. The maximum Gasteiger partial charge on any atom is 0.312 e. The molecule has 2 heterocycles. The van der Waals surface area contributed by atoms with E-state index in [1.54, 1.807) is 21.1 Å². The molecule has 1 aromatic rings. The predicted octanol–water partition coefficient (Wildman–Crippen LogP) is 1.98. The van der Waals surface area contributed by atoms with Gasteiger partial charge in [0.15, 0.2) is 0 Å². The molecule has 0 aliphatic carbocycles. The Morgan fingerprint density at radius 2 is 2.05 bits per heavy atom. The summed E-state index contributed by atoms with van der Waals surface area (Å²) < 4.78 is 0.974. The van der Waals surface area contributed by atoms with Gasteiger partial charge in [-0.25, -0.2) is 0 Å².